The molecule has 1 aliphatic heterocycles. The summed E-state index contributed by atoms with van der Waals surface area (Å²) in [6.07, 6.45) is -6.81. The van der Waals surface area contributed by atoms with Crippen LogP contribution in [0.2, 0.25) is 0 Å². The van der Waals surface area contributed by atoms with Gasteiger partial charge in [0.05, 0.1) is 56.1 Å². The SMILES string of the molecule is COc1ccc(C(C)C)cc1-c1ccc(OCCCC(=O)O)cc1CN(Cc1cc(C(F)(F)F)cc(C(F)(F)F)c1)c1ncc(N2CCOCC2)cn1.[H-].[Na+]. The number of methoxy groups -OCH3 is 1. The molecule has 286 valence electrons. The van der Waals surface area contributed by atoms with Gasteiger partial charge in [0.25, 0.3) is 0 Å². The minimum absolute atomic E-state index is 0. The first-order valence-corrected chi connectivity index (χ1v) is 17.0. The first-order valence-electron chi connectivity index (χ1n) is 17.0. The number of carboxylic acids is 1. The second-order valence-electron chi connectivity index (χ2n) is 12.9. The van der Waals surface area contributed by atoms with Crippen molar-refractivity contribution < 1.29 is 81.4 Å². The Morgan fingerprint density at radius 1 is 0.926 bits per heavy atom. The molecule has 0 radical (unpaired) electrons. The van der Waals surface area contributed by atoms with Crippen molar-refractivity contribution in [3.05, 3.63) is 94.8 Å². The molecule has 1 N–H and O–H groups in total. The predicted octanol–water partition coefficient (Wildman–Crippen LogP) is 5.72. The molecule has 0 saturated carbocycles. The molecule has 16 heteroatoms. The van der Waals surface area contributed by atoms with E-state index in [1.165, 1.54) is 12.0 Å². The number of alkyl halides is 6. The molecule has 1 saturated heterocycles. The summed E-state index contributed by atoms with van der Waals surface area (Å²) in [6.45, 7) is 5.86. The number of hydrogen-bond acceptors (Lipinski definition) is 8. The number of hydrogen-bond donors (Lipinski definition) is 1. The summed E-state index contributed by atoms with van der Waals surface area (Å²) in [5, 5.41) is 9.05. The molecule has 0 bridgehead atoms. The maximum absolute atomic E-state index is 13.9. The summed E-state index contributed by atoms with van der Waals surface area (Å²) in [5.41, 5.74) is 0.507. The Morgan fingerprint density at radius 2 is 1.57 bits per heavy atom. The molecule has 1 fully saturated rings. The second kappa shape index (κ2) is 18.5. The summed E-state index contributed by atoms with van der Waals surface area (Å²) >= 11 is 0. The third-order valence-corrected chi connectivity index (χ3v) is 8.73. The van der Waals surface area contributed by atoms with Crippen LogP contribution in [0.25, 0.3) is 11.1 Å². The van der Waals surface area contributed by atoms with E-state index >= 15 is 0 Å². The van der Waals surface area contributed by atoms with E-state index in [1.807, 2.05) is 36.9 Å². The van der Waals surface area contributed by atoms with Crippen LogP contribution in [-0.4, -0.2) is 61.1 Å². The molecule has 9 nitrogen and oxygen atoms in total. The molecule has 0 spiro atoms. The van der Waals surface area contributed by atoms with E-state index in [0.717, 1.165) is 5.56 Å². The average molecular weight is 771 g/mol. The van der Waals surface area contributed by atoms with Gasteiger partial charge in [-0.05, 0) is 77.1 Å². The third kappa shape index (κ3) is 11.2. The molecule has 0 aliphatic carbocycles. The van der Waals surface area contributed by atoms with Crippen LogP contribution in [0.1, 0.15) is 61.9 Å². The maximum atomic E-state index is 13.9. The van der Waals surface area contributed by atoms with Gasteiger partial charge in [0.2, 0.25) is 5.95 Å². The van der Waals surface area contributed by atoms with Gasteiger partial charge in [-0.3, -0.25) is 4.79 Å². The second-order valence-corrected chi connectivity index (χ2v) is 12.9. The Morgan fingerprint density at radius 3 is 2.15 bits per heavy atom. The number of aliphatic carboxylic acids is 1. The molecule has 5 rings (SSSR count). The molecule has 0 amide bonds. The molecular formula is C38H41F6N4NaO5. The fraction of sp³-hybridized carbons (Fsp3) is 0.395. The van der Waals surface area contributed by atoms with E-state index in [1.54, 1.807) is 30.6 Å². The number of ether oxygens (including phenoxy) is 3. The number of morpholine rings is 1. The van der Waals surface area contributed by atoms with Gasteiger partial charge in [-0.1, -0.05) is 26.0 Å². The Kier molecular flexibility index (Phi) is 14.6. The van der Waals surface area contributed by atoms with Crippen LogP contribution in [-0.2, 0) is 35.0 Å². The van der Waals surface area contributed by atoms with Gasteiger partial charge in [-0.2, -0.15) is 26.3 Å². The fourth-order valence-electron chi connectivity index (χ4n) is 5.96. The first-order chi connectivity index (χ1) is 25.1. The predicted molar refractivity (Wildman–Crippen MR) is 187 cm³/mol. The number of carbonyl (C=O) groups is 1. The number of aromatic nitrogens is 2. The number of halogens is 6. The van der Waals surface area contributed by atoms with Crippen molar-refractivity contribution in [2.75, 3.05) is 49.8 Å². The number of carboxylic acid groups (broad SMARTS) is 1. The van der Waals surface area contributed by atoms with E-state index < -0.39 is 36.0 Å². The third-order valence-electron chi connectivity index (χ3n) is 8.73. The van der Waals surface area contributed by atoms with Crippen LogP contribution in [0.4, 0.5) is 38.0 Å². The van der Waals surface area contributed by atoms with Gasteiger partial charge in [0, 0.05) is 38.2 Å². The summed E-state index contributed by atoms with van der Waals surface area (Å²) in [6, 6.07) is 12.4. The van der Waals surface area contributed by atoms with Crippen LogP contribution in [0.3, 0.4) is 0 Å². The quantitative estimate of drug-likeness (QED) is 0.0983. The smallest absolute Gasteiger partial charge is 1.00 e. The monoisotopic (exact) mass is 770 g/mol. The Labute approximate surface area is 333 Å². The number of nitrogens with zero attached hydrogens (tertiary/aromatic N) is 4. The molecule has 0 atom stereocenters. The van der Waals surface area contributed by atoms with Crippen molar-refractivity contribution in [2.45, 2.75) is 58.0 Å². The summed E-state index contributed by atoms with van der Waals surface area (Å²) in [7, 11) is 1.52. The Hall–Kier alpha value is -4.05. The van der Waals surface area contributed by atoms with E-state index in [9.17, 15) is 31.1 Å². The molecule has 54 heavy (non-hydrogen) atoms. The van der Waals surface area contributed by atoms with E-state index in [2.05, 4.69) is 9.97 Å². The Balaban J connectivity index is 0.00000406. The number of benzene rings is 3. The standard InChI is InChI=1S/C38H40F6N4O5.Na.H/c1-24(2)26-6-9-34(51-3)33(18-26)32-8-7-31(53-12-4-5-35(49)50)17-27(32)23-48(36-45-20-30(21-46-36)47-10-13-52-14-11-47)22-25-15-28(37(39,40)41)19-29(16-25)38(42,43)44;;/h6-9,15-21,24H,4-5,10-14,22-23H2,1-3H3,(H,49,50);;/q;+1;-1. The van der Waals surface area contributed by atoms with Crippen LogP contribution < -0.4 is 48.8 Å². The van der Waals surface area contributed by atoms with Crippen molar-refractivity contribution in [3.63, 3.8) is 0 Å². The summed E-state index contributed by atoms with van der Waals surface area (Å²) in [4.78, 5) is 23.6. The fourth-order valence-corrected chi connectivity index (χ4v) is 5.96. The van der Waals surface area contributed by atoms with Crippen LogP contribution >= 0.6 is 0 Å². The van der Waals surface area contributed by atoms with E-state index in [-0.39, 0.29) is 80.5 Å². The number of anilines is 2. The number of rotatable bonds is 14. The van der Waals surface area contributed by atoms with E-state index in [4.69, 9.17) is 19.3 Å². The van der Waals surface area contributed by atoms with Crippen molar-refractivity contribution in [3.8, 4) is 22.6 Å². The topological polar surface area (TPSA) is 97.3 Å². The van der Waals surface area contributed by atoms with Gasteiger partial charge >= 0.3 is 47.9 Å². The minimum Gasteiger partial charge on any atom is -1.00 e. The zero-order valence-corrected chi connectivity index (χ0v) is 32.4. The zero-order valence-electron chi connectivity index (χ0n) is 31.4. The summed E-state index contributed by atoms with van der Waals surface area (Å²) < 4.78 is 100. The van der Waals surface area contributed by atoms with E-state index in [0.29, 0.717) is 72.3 Å². The van der Waals surface area contributed by atoms with Crippen molar-refractivity contribution in [2.24, 2.45) is 0 Å². The molecule has 4 aromatic rings. The molecule has 0 unspecified atom stereocenters. The van der Waals surface area contributed by atoms with Gasteiger partial charge in [-0.25, -0.2) is 9.97 Å². The molecule has 1 aromatic heterocycles. The van der Waals surface area contributed by atoms with Crippen LogP contribution in [0, 0.1) is 0 Å². The van der Waals surface area contributed by atoms with Gasteiger partial charge in [0.1, 0.15) is 11.5 Å². The Bertz CT molecular complexity index is 1840. The van der Waals surface area contributed by atoms with Crippen LogP contribution in [0.5, 0.6) is 11.5 Å². The molecular weight excluding hydrogens is 729 g/mol. The van der Waals surface area contributed by atoms with Crippen molar-refractivity contribution >= 4 is 17.6 Å². The average Bonchev–Trinajstić information content (AvgIpc) is 3.12. The minimum atomic E-state index is -5.03. The maximum Gasteiger partial charge on any atom is 1.00 e. The molecule has 3 aromatic carbocycles. The largest absolute Gasteiger partial charge is 1.00 e. The summed E-state index contributed by atoms with van der Waals surface area (Å²) in [5.74, 6) is 0.166. The molecule has 2 heterocycles. The zero-order chi connectivity index (χ0) is 38.3. The van der Waals surface area contributed by atoms with Crippen LogP contribution in [0.15, 0.2) is 67.0 Å². The molecule has 1 aliphatic rings. The first kappa shape index (κ1) is 42.7. The van der Waals surface area contributed by atoms with Gasteiger partial charge in [0.15, 0.2) is 0 Å². The van der Waals surface area contributed by atoms with Gasteiger partial charge < -0.3 is 30.5 Å². The normalized spacial score (nSPS) is 13.4. The van der Waals surface area contributed by atoms with Crippen molar-refractivity contribution in [1.29, 1.82) is 0 Å². The van der Waals surface area contributed by atoms with Crippen molar-refractivity contribution in [1.82, 2.24) is 9.97 Å². The van der Waals surface area contributed by atoms with Gasteiger partial charge in [-0.15, -0.1) is 0 Å².